The van der Waals surface area contributed by atoms with Crippen LogP contribution in [0.4, 0.5) is 14.6 Å². The van der Waals surface area contributed by atoms with Crippen LogP contribution in [0.3, 0.4) is 0 Å². The van der Waals surface area contributed by atoms with Gasteiger partial charge in [-0.15, -0.1) is 0 Å². The fourth-order valence-electron chi connectivity index (χ4n) is 2.03. The molecule has 4 heteroatoms. The molecule has 0 bridgehead atoms. The molecule has 0 spiro atoms. The van der Waals surface area contributed by atoms with Crippen LogP contribution in [0.1, 0.15) is 31.9 Å². The minimum absolute atomic E-state index is 0.0740. The van der Waals surface area contributed by atoms with Gasteiger partial charge in [0.05, 0.1) is 0 Å². The number of aromatic nitrogens is 1. The summed E-state index contributed by atoms with van der Waals surface area (Å²) >= 11 is 0. The van der Waals surface area contributed by atoms with E-state index in [0.29, 0.717) is 18.5 Å². The zero-order valence-electron chi connectivity index (χ0n) is 12.6. The molecular formula is C17H20F2N2. The van der Waals surface area contributed by atoms with E-state index < -0.39 is 11.6 Å². The molecule has 0 saturated heterocycles. The number of benzene rings is 1. The maximum Gasteiger partial charge on any atom is 0.126 e. The lowest BCUT2D eigenvalue weighted by atomic mass is 9.88. The van der Waals surface area contributed by atoms with E-state index in [1.54, 1.807) is 0 Å². The largest absolute Gasteiger partial charge is 0.370 e. The SMILES string of the molecule is CC(C)(C)c1ccc(NCCc2cc(F)cc(F)c2)nc1. The lowest BCUT2D eigenvalue weighted by Crippen LogP contribution is -2.12. The number of nitrogens with zero attached hydrogens (tertiary/aromatic N) is 1. The molecule has 1 aromatic carbocycles. The first-order chi connectivity index (χ1) is 9.84. The molecule has 21 heavy (non-hydrogen) atoms. The van der Waals surface area contributed by atoms with Crippen LogP contribution in [0, 0.1) is 11.6 Å². The van der Waals surface area contributed by atoms with Gasteiger partial charge in [0.25, 0.3) is 0 Å². The Morgan fingerprint density at radius 1 is 1.05 bits per heavy atom. The smallest absolute Gasteiger partial charge is 0.126 e. The van der Waals surface area contributed by atoms with Crippen molar-refractivity contribution in [1.29, 1.82) is 0 Å². The number of hydrogen-bond acceptors (Lipinski definition) is 2. The molecule has 2 nitrogen and oxygen atoms in total. The quantitative estimate of drug-likeness (QED) is 0.907. The minimum Gasteiger partial charge on any atom is -0.370 e. The molecule has 1 aromatic heterocycles. The van der Waals surface area contributed by atoms with Crippen molar-refractivity contribution in [3.63, 3.8) is 0 Å². The van der Waals surface area contributed by atoms with Crippen LogP contribution in [0.2, 0.25) is 0 Å². The number of pyridine rings is 1. The Labute approximate surface area is 124 Å². The van der Waals surface area contributed by atoms with Crippen LogP contribution in [0.5, 0.6) is 0 Å². The molecular weight excluding hydrogens is 270 g/mol. The fourth-order valence-corrected chi connectivity index (χ4v) is 2.03. The van der Waals surface area contributed by atoms with Crippen molar-refractivity contribution < 1.29 is 8.78 Å². The average Bonchev–Trinajstić information content (AvgIpc) is 2.37. The van der Waals surface area contributed by atoms with Crippen LogP contribution in [0.25, 0.3) is 0 Å². The van der Waals surface area contributed by atoms with Gasteiger partial charge < -0.3 is 5.32 Å². The van der Waals surface area contributed by atoms with Crippen LogP contribution in [-0.2, 0) is 11.8 Å². The normalized spacial score (nSPS) is 11.5. The molecule has 0 atom stereocenters. The Hall–Kier alpha value is -1.97. The second-order valence-corrected chi connectivity index (χ2v) is 6.14. The van der Waals surface area contributed by atoms with E-state index in [0.717, 1.165) is 11.9 Å². The molecule has 0 radical (unpaired) electrons. The van der Waals surface area contributed by atoms with Gasteiger partial charge in [-0.05, 0) is 41.2 Å². The van der Waals surface area contributed by atoms with E-state index >= 15 is 0 Å². The third kappa shape index (κ3) is 4.52. The van der Waals surface area contributed by atoms with Crippen LogP contribution in [-0.4, -0.2) is 11.5 Å². The Balaban J connectivity index is 1.91. The number of rotatable bonds is 4. The van der Waals surface area contributed by atoms with Gasteiger partial charge in [-0.25, -0.2) is 13.8 Å². The van der Waals surface area contributed by atoms with E-state index in [1.165, 1.54) is 17.7 Å². The predicted molar refractivity (Wildman–Crippen MR) is 81.5 cm³/mol. The Morgan fingerprint density at radius 2 is 1.71 bits per heavy atom. The topological polar surface area (TPSA) is 24.9 Å². The van der Waals surface area contributed by atoms with Gasteiger partial charge in [0.2, 0.25) is 0 Å². The molecule has 0 fully saturated rings. The maximum atomic E-state index is 13.1. The minimum atomic E-state index is -0.544. The first kappa shape index (κ1) is 15.4. The highest BCUT2D eigenvalue weighted by molar-refractivity contribution is 5.37. The molecule has 0 saturated carbocycles. The summed E-state index contributed by atoms with van der Waals surface area (Å²) in [6, 6.07) is 7.54. The molecule has 0 aliphatic carbocycles. The van der Waals surface area contributed by atoms with Crippen molar-refractivity contribution in [3.05, 3.63) is 59.3 Å². The molecule has 1 N–H and O–H groups in total. The van der Waals surface area contributed by atoms with Gasteiger partial charge in [-0.3, -0.25) is 0 Å². The highest BCUT2D eigenvalue weighted by Gasteiger charge is 2.13. The van der Waals surface area contributed by atoms with E-state index in [4.69, 9.17) is 0 Å². The van der Waals surface area contributed by atoms with Gasteiger partial charge in [0.15, 0.2) is 0 Å². The fraction of sp³-hybridized carbons (Fsp3) is 0.353. The van der Waals surface area contributed by atoms with Crippen LogP contribution >= 0.6 is 0 Å². The third-order valence-corrected chi connectivity index (χ3v) is 3.27. The molecule has 112 valence electrons. The first-order valence-corrected chi connectivity index (χ1v) is 7.00. The van der Waals surface area contributed by atoms with Crippen LogP contribution in [0.15, 0.2) is 36.5 Å². The molecule has 0 aliphatic rings. The number of anilines is 1. The molecule has 2 rings (SSSR count). The summed E-state index contributed by atoms with van der Waals surface area (Å²) in [6.07, 6.45) is 2.39. The van der Waals surface area contributed by atoms with Gasteiger partial charge >= 0.3 is 0 Å². The molecule has 0 amide bonds. The molecule has 0 aliphatic heterocycles. The van der Waals surface area contributed by atoms with Gasteiger partial charge in [0.1, 0.15) is 17.5 Å². The second kappa shape index (κ2) is 6.20. The van der Waals surface area contributed by atoms with Crippen molar-refractivity contribution >= 4 is 5.82 Å². The number of hydrogen-bond donors (Lipinski definition) is 1. The summed E-state index contributed by atoms with van der Waals surface area (Å²) in [6.45, 7) is 6.98. The summed E-state index contributed by atoms with van der Waals surface area (Å²) in [7, 11) is 0. The van der Waals surface area contributed by atoms with Crippen molar-refractivity contribution in [1.82, 2.24) is 4.98 Å². The van der Waals surface area contributed by atoms with Crippen molar-refractivity contribution in [2.24, 2.45) is 0 Å². The zero-order chi connectivity index (χ0) is 15.5. The highest BCUT2D eigenvalue weighted by Crippen LogP contribution is 2.21. The summed E-state index contributed by atoms with van der Waals surface area (Å²) in [5.74, 6) is -0.324. The standard InChI is InChI=1S/C17H20F2N2/c1-17(2,3)13-4-5-16(21-11-13)20-7-6-12-8-14(18)10-15(19)9-12/h4-5,8-11H,6-7H2,1-3H3,(H,20,21). The molecule has 2 aromatic rings. The van der Waals surface area contributed by atoms with Gasteiger partial charge in [-0.1, -0.05) is 26.8 Å². The predicted octanol–water partition coefficient (Wildman–Crippen LogP) is 4.31. The van der Waals surface area contributed by atoms with E-state index in [1.807, 2.05) is 18.3 Å². The Kier molecular flexibility index (Phi) is 4.56. The summed E-state index contributed by atoms with van der Waals surface area (Å²) in [4.78, 5) is 4.35. The van der Waals surface area contributed by atoms with Gasteiger partial charge in [0, 0.05) is 18.8 Å². The Bertz CT molecular complexity index is 581. The van der Waals surface area contributed by atoms with Crippen molar-refractivity contribution in [2.45, 2.75) is 32.6 Å². The van der Waals surface area contributed by atoms with Crippen molar-refractivity contribution in [3.8, 4) is 0 Å². The summed E-state index contributed by atoms with van der Waals surface area (Å²) < 4.78 is 26.1. The average molecular weight is 290 g/mol. The third-order valence-electron chi connectivity index (χ3n) is 3.27. The lowest BCUT2D eigenvalue weighted by Gasteiger charge is -2.18. The second-order valence-electron chi connectivity index (χ2n) is 6.14. The first-order valence-electron chi connectivity index (χ1n) is 7.00. The summed E-state index contributed by atoms with van der Waals surface area (Å²) in [5, 5.41) is 3.15. The van der Waals surface area contributed by atoms with E-state index in [2.05, 4.69) is 31.1 Å². The van der Waals surface area contributed by atoms with E-state index in [-0.39, 0.29) is 5.41 Å². The van der Waals surface area contributed by atoms with E-state index in [9.17, 15) is 8.78 Å². The van der Waals surface area contributed by atoms with Crippen molar-refractivity contribution in [2.75, 3.05) is 11.9 Å². The van der Waals surface area contributed by atoms with Gasteiger partial charge in [-0.2, -0.15) is 0 Å². The Morgan fingerprint density at radius 3 is 2.24 bits per heavy atom. The maximum absolute atomic E-state index is 13.1. The van der Waals surface area contributed by atoms with Crippen LogP contribution < -0.4 is 5.32 Å². The molecule has 0 unspecified atom stereocenters. The molecule has 1 heterocycles. The number of nitrogens with one attached hydrogen (secondary N) is 1. The number of halogens is 2. The summed E-state index contributed by atoms with van der Waals surface area (Å²) in [5.41, 5.74) is 1.87. The lowest BCUT2D eigenvalue weighted by molar-refractivity contribution is 0.580. The zero-order valence-corrected chi connectivity index (χ0v) is 12.6. The monoisotopic (exact) mass is 290 g/mol. The highest BCUT2D eigenvalue weighted by atomic mass is 19.1.